The van der Waals surface area contributed by atoms with E-state index < -0.39 is 14.6 Å². The van der Waals surface area contributed by atoms with E-state index in [0.29, 0.717) is 25.9 Å². The number of nitrogens with one attached hydrogen (secondary N) is 1. The molecule has 0 saturated carbocycles. The van der Waals surface area contributed by atoms with Crippen molar-refractivity contribution >= 4 is 26.6 Å². The standard InChI is InChI=1S/C23H31N3O3S/c27-22(9-8-18-14-24-21-7-3-2-6-20(18)21)26-16-23(17-26)19(10-13-30(23,28)29)15-25-11-4-1-5-12-25/h2-3,6-7,14,19,24H,1,4-5,8-13,15-17H2. The second-order valence-corrected chi connectivity index (χ2v) is 11.8. The highest BCUT2D eigenvalue weighted by atomic mass is 32.2. The number of amides is 1. The Kier molecular flexibility index (Phi) is 5.14. The Balaban J connectivity index is 1.22. The fourth-order valence-corrected chi connectivity index (χ4v) is 8.10. The first kappa shape index (κ1) is 20.1. The number of hydrogen-bond acceptors (Lipinski definition) is 4. The number of aromatic amines is 1. The van der Waals surface area contributed by atoms with Gasteiger partial charge in [-0.25, -0.2) is 8.42 Å². The van der Waals surface area contributed by atoms with Crippen molar-refractivity contribution in [2.75, 3.05) is 38.5 Å². The fourth-order valence-electron chi connectivity index (χ4n) is 5.70. The Morgan fingerprint density at radius 3 is 2.70 bits per heavy atom. The van der Waals surface area contributed by atoms with Crippen LogP contribution in [0, 0.1) is 5.92 Å². The van der Waals surface area contributed by atoms with E-state index in [0.717, 1.165) is 42.5 Å². The van der Waals surface area contributed by atoms with E-state index >= 15 is 0 Å². The van der Waals surface area contributed by atoms with Crippen LogP contribution in [-0.2, 0) is 21.1 Å². The summed E-state index contributed by atoms with van der Waals surface area (Å²) in [6, 6.07) is 8.11. The Hall–Kier alpha value is -1.86. The largest absolute Gasteiger partial charge is 0.361 e. The smallest absolute Gasteiger partial charge is 0.223 e. The minimum absolute atomic E-state index is 0.0738. The number of likely N-dealkylation sites (tertiary alicyclic amines) is 2. The number of H-pyrrole nitrogens is 1. The molecule has 0 aliphatic carbocycles. The Morgan fingerprint density at radius 1 is 1.13 bits per heavy atom. The number of benzene rings is 1. The molecule has 3 aliphatic heterocycles. The van der Waals surface area contributed by atoms with Gasteiger partial charge in [-0.2, -0.15) is 0 Å². The van der Waals surface area contributed by atoms with Crippen LogP contribution in [0.3, 0.4) is 0 Å². The van der Waals surface area contributed by atoms with Gasteiger partial charge in [0.25, 0.3) is 0 Å². The van der Waals surface area contributed by atoms with Crippen LogP contribution in [0.1, 0.15) is 37.7 Å². The summed E-state index contributed by atoms with van der Waals surface area (Å²) in [6.45, 7) is 3.82. The van der Waals surface area contributed by atoms with Crippen LogP contribution in [0.2, 0.25) is 0 Å². The lowest BCUT2D eigenvalue weighted by Crippen LogP contribution is -2.69. The first-order valence-electron chi connectivity index (χ1n) is 11.3. The topological polar surface area (TPSA) is 73.5 Å². The number of aromatic nitrogens is 1. The molecular weight excluding hydrogens is 398 g/mol. The summed E-state index contributed by atoms with van der Waals surface area (Å²) < 4.78 is 25.1. The highest BCUT2D eigenvalue weighted by Gasteiger charge is 2.62. The van der Waals surface area contributed by atoms with Gasteiger partial charge in [0.15, 0.2) is 9.84 Å². The van der Waals surface area contributed by atoms with Crippen molar-refractivity contribution < 1.29 is 13.2 Å². The predicted octanol–water partition coefficient (Wildman–Crippen LogP) is 2.60. The second kappa shape index (κ2) is 7.68. The lowest BCUT2D eigenvalue weighted by Gasteiger charge is -2.51. The van der Waals surface area contributed by atoms with E-state index in [1.807, 2.05) is 24.4 Å². The molecule has 0 bridgehead atoms. The summed E-state index contributed by atoms with van der Waals surface area (Å²) in [7, 11) is -3.13. The van der Waals surface area contributed by atoms with Gasteiger partial charge in [0.2, 0.25) is 5.91 Å². The number of nitrogens with zero attached hydrogens (tertiary/aromatic N) is 2. The molecule has 1 spiro atoms. The summed E-state index contributed by atoms with van der Waals surface area (Å²) in [4.78, 5) is 20.3. The second-order valence-electron chi connectivity index (χ2n) is 9.34. The lowest BCUT2D eigenvalue weighted by atomic mass is 9.82. The maximum atomic E-state index is 12.9. The zero-order valence-electron chi connectivity index (χ0n) is 17.5. The zero-order chi connectivity index (χ0) is 20.8. The summed E-state index contributed by atoms with van der Waals surface area (Å²) in [6.07, 6.45) is 7.53. The van der Waals surface area contributed by atoms with E-state index in [1.54, 1.807) is 4.90 Å². The number of aryl methyl sites for hydroxylation is 1. The van der Waals surface area contributed by atoms with Crippen LogP contribution in [0.5, 0.6) is 0 Å². The molecule has 1 aromatic heterocycles. The monoisotopic (exact) mass is 429 g/mol. The molecule has 6 nitrogen and oxygen atoms in total. The van der Waals surface area contributed by atoms with Crippen molar-refractivity contribution in [1.82, 2.24) is 14.8 Å². The van der Waals surface area contributed by atoms with Crippen molar-refractivity contribution in [1.29, 1.82) is 0 Å². The summed E-state index contributed by atoms with van der Waals surface area (Å²) in [5.74, 6) is 0.520. The number of piperidine rings is 1. The number of carbonyl (C=O) groups is 1. The van der Waals surface area contributed by atoms with Crippen LogP contribution >= 0.6 is 0 Å². The average Bonchev–Trinajstić information content (AvgIpc) is 3.24. The maximum Gasteiger partial charge on any atom is 0.223 e. The van der Waals surface area contributed by atoms with Crippen LogP contribution in [0.15, 0.2) is 30.5 Å². The molecule has 162 valence electrons. The molecular formula is C23H31N3O3S. The van der Waals surface area contributed by atoms with Crippen LogP contribution in [0.25, 0.3) is 10.9 Å². The fraction of sp³-hybridized carbons (Fsp3) is 0.609. The van der Waals surface area contributed by atoms with Gasteiger partial charge in [-0.1, -0.05) is 24.6 Å². The van der Waals surface area contributed by atoms with Crippen molar-refractivity contribution in [3.05, 3.63) is 36.0 Å². The van der Waals surface area contributed by atoms with Crippen LogP contribution in [0.4, 0.5) is 0 Å². The SMILES string of the molecule is O=C(CCc1c[nH]c2ccccc12)N1CC2(C1)C(CN1CCCCC1)CCS2(=O)=O. The third-order valence-corrected chi connectivity index (χ3v) is 10.2. The summed E-state index contributed by atoms with van der Waals surface area (Å²) in [5.41, 5.74) is 2.23. The number of hydrogen-bond donors (Lipinski definition) is 1. The van der Waals surface area contributed by atoms with Crippen molar-refractivity contribution in [3.63, 3.8) is 0 Å². The Bertz CT molecular complexity index is 1030. The minimum Gasteiger partial charge on any atom is -0.361 e. The molecule has 7 heteroatoms. The van der Waals surface area contributed by atoms with E-state index in [-0.39, 0.29) is 17.6 Å². The first-order valence-corrected chi connectivity index (χ1v) is 12.9. The molecule has 1 unspecified atom stereocenters. The van der Waals surface area contributed by atoms with E-state index in [4.69, 9.17) is 0 Å². The number of fused-ring (bicyclic) bond motifs is 1. The zero-order valence-corrected chi connectivity index (χ0v) is 18.3. The number of sulfone groups is 1. The minimum atomic E-state index is -3.13. The van der Waals surface area contributed by atoms with E-state index in [1.165, 1.54) is 19.3 Å². The van der Waals surface area contributed by atoms with Gasteiger partial charge in [0.05, 0.1) is 5.75 Å². The Morgan fingerprint density at radius 2 is 1.90 bits per heavy atom. The number of carbonyl (C=O) groups excluding carboxylic acids is 1. The molecule has 3 aliphatic rings. The van der Waals surface area contributed by atoms with E-state index in [2.05, 4.69) is 16.0 Å². The van der Waals surface area contributed by atoms with Crippen LogP contribution < -0.4 is 0 Å². The molecule has 1 aromatic carbocycles. The molecule has 1 atom stereocenters. The van der Waals surface area contributed by atoms with Gasteiger partial charge in [0, 0.05) is 43.2 Å². The molecule has 3 fully saturated rings. The quantitative estimate of drug-likeness (QED) is 0.793. The maximum absolute atomic E-state index is 12.9. The molecule has 2 aromatic rings. The van der Waals surface area contributed by atoms with Gasteiger partial charge in [0.1, 0.15) is 4.75 Å². The molecule has 4 heterocycles. The number of para-hydroxylation sites is 1. The van der Waals surface area contributed by atoms with Crippen LogP contribution in [-0.4, -0.2) is 72.3 Å². The van der Waals surface area contributed by atoms with Gasteiger partial charge >= 0.3 is 0 Å². The highest BCUT2D eigenvalue weighted by molar-refractivity contribution is 7.93. The Labute approximate surface area is 178 Å². The molecule has 3 saturated heterocycles. The van der Waals surface area contributed by atoms with Gasteiger partial charge in [-0.15, -0.1) is 0 Å². The van der Waals surface area contributed by atoms with Crippen molar-refractivity contribution in [2.45, 2.75) is 43.3 Å². The average molecular weight is 430 g/mol. The predicted molar refractivity (Wildman–Crippen MR) is 118 cm³/mol. The van der Waals surface area contributed by atoms with Gasteiger partial charge in [-0.3, -0.25) is 4.79 Å². The molecule has 0 radical (unpaired) electrons. The highest BCUT2D eigenvalue weighted by Crippen LogP contribution is 2.45. The third kappa shape index (κ3) is 3.36. The van der Waals surface area contributed by atoms with Crippen molar-refractivity contribution in [2.24, 2.45) is 5.92 Å². The normalized spacial score (nSPS) is 25.6. The van der Waals surface area contributed by atoms with E-state index in [9.17, 15) is 13.2 Å². The van der Waals surface area contributed by atoms with Gasteiger partial charge < -0.3 is 14.8 Å². The molecule has 5 rings (SSSR count). The summed E-state index contributed by atoms with van der Waals surface area (Å²) in [5, 5.41) is 1.16. The van der Waals surface area contributed by atoms with Gasteiger partial charge in [-0.05, 0) is 56.3 Å². The molecule has 1 N–H and O–H groups in total. The van der Waals surface area contributed by atoms with Crippen molar-refractivity contribution in [3.8, 4) is 0 Å². The third-order valence-electron chi connectivity index (χ3n) is 7.58. The lowest BCUT2D eigenvalue weighted by molar-refractivity contribution is -0.137. The first-order chi connectivity index (χ1) is 14.5. The molecule has 1 amide bonds. The summed E-state index contributed by atoms with van der Waals surface area (Å²) >= 11 is 0. The molecule has 30 heavy (non-hydrogen) atoms. The number of rotatable bonds is 5.